The average molecular weight is 306 g/mol. The molecule has 0 atom stereocenters. The van der Waals surface area contributed by atoms with Gasteiger partial charge in [-0.3, -0.25) is 4.57 Å². The van der Waals surface area contributed by atoms with Crippen molar-refractivity contribution in [1.82, 2.24) is 0 Å². The highest BCUT2D eigenvalue weighted by molar-refractivity contribution is 7.53. The third kappa shape index (κ3) is 9.96. The minimum atomic E-state index is -3.95. The van der Waals surface area contributed by atoms with E-state index >= 15 is 0 Å². The average Bonchev–Trinajstić information content (AvgIpc) is 2.34. The van der Waals surface area contributed by atoms with Gasteiger partial charge in [0.05, 0.1) is 5.16 Å². The first-order chi connectivity index (χ1) is 9.31. The lowest BCUT2D eigenvalue weighted by Gasteiger charge is -2.25. The maximum Gasteiger partial charge on any atom is 0.331 e. The van der Waals surface area contributed by atoms with E-state index in [1.165, 1.54) is 57.8 Å². The zero-order chi connectivity index (χ0) is 15.5. The molecule has 122 valence electrons. The standard InChI is InChI=1S/C16H35O3P/c1-4-5-6-7-8-9-10-11-12-13-14-15-16(2,3)20(17,18)19/h4-15H2,1-3H3,(H2,17,18,19). The van der Waals surface area contributed by atoms with Crippen molar-refractivity contribution in [3.63, 3.8) is 0 Å². The Hall–Kier alpha value is 0.150. The van der Waals surface area contributed by atoms with Crippen LogP contribution in [0, 0.1) is 0 Å². The van der Waals surface area contributed by atoms with Gasteiger partial charge in [-0.05, 0) is 20.3 Å². The van der Waals surface area contributed by atoms with Crippen LogP contribution in [0.15, 0.2) is 0 Å². The molecule has 0 aromatic carbocycles. The lowest BCUT2D eigenvalue weighted by atomic mass is 10.0. The van der Waals surface area contributed by atoms with Crippen LogP contribution in [0.4, 0.5) is 0 Å². The number of unbranched alkanes of at least 4 members (excludes halogenated alkanes) is 10. The summed E-state index contributed by atoms with van der Waals surface area (Å²) < 4.78 is 11.3. The summed E-state index contributed by atoms with van der Waals surface area (Å²) in [7, 11) is -3.95. The molecule has 3 nitrogen and oxygen atoms in total. The lowest BCUT2D eigenvalue weighted by molar-refractivity contribution is 0.326. The maximum atomic E-state index is 11.3. The molecule has 0 saturated heterocycles. The summed E-state index contributed by atoms with van der Waals surface area (Å²) in [6.07, 6.45) is 14.6. The van der Waals surface area contributed by atoms with E-state index in [-0.39, 0.29) is 0 Å². The van der Waals surface area contributed by atoms with E-state index in [1.807, 2.05) is 0 Å². The molecule has 20 heavy (non-hydrogen) atoms. The molecule has 0 rings (SSSR count). The van der Waals surface area contributed by atoms with Crippen molar-refractivity contribution in [3.8, 4) is 0 Å². The molecule has 0 aromatic heterocycles. The van der Waals surface area contributed by atoms with Crippen LogP contribution in [0.3, 0.4) is 0 Å². The first-order valence-electron chi connectivity index (χ1n) is 8.37. The summed E-state index contributed by atoms with van der Waals surface area (Å²) in [6, 6.07) is 0. The Bertz CT molecular complexity index is 271. The Labute approximate surface area is 125 Å². The predicted molar refractivity (Wildman–Crippen MR) is 87.2 cm³/mol. The van der Waals surface area contributed by atoms with Crippen LogP contribution in [0.5, 0.6) is 0 Å². The van der Waals surface area contributed by atoms with Crippen LogP contribution >= 0.6 is 7.60 Å². The Kier molecular flexibility index (Phi) is 10.9. The van der Waals surface area contributed by atoms with Crippen LogP contribution < -0.4 is 0 Å². The molecule has 4 heteroatoms. The van der Waals surface area contributed by atoms with Crippen LogP contribution in [0.1, 0.15) is 97.8 Å². The molecule has 0 aliphatic rings. The summed E-state index contributed by atoms with van der Waals surface area (Å²) in [5, 5.41) is -0.855. The molecular weight excluding hydrogens is 271 g/mol. The van der Waals surface area contributed by atoms with Gasteiger partial charge in [0.15, 0.2) is 0 Å². The van der Waals surface area contributed by atoms with Gasteiger partial charge in [-0.15, -0.1) is 0 Å². The number of hydrogen-bond donors (Lipinski definition) is 2. The largest absolute Gasteiger partial charge is 0.331 e. The first-order valence-corrected chi connectivity index (χ1v) is 9.98. The second-order valence-electron chi connectivity index (χ2n) is 6.64. The van der Waals surface area contributed by atoms with Crippen LogP contribution in [-0.4, -0.2) is 14.9 Å². The van der Waals surface area contributed by atoms with E-state index in [2.05, 4.69) is 6.92 Å². The third-order valence-electron chi connectivity index (χ3n) is 4.18. The molecule has 0 aliphatic carbocycles. The predicted octanol–water partition coefficient (Wildman–Crippen LogP) is 5.64. The van der Waals surface area contributed by atoms with Crippen molar-refractivity contribution in [2.45, 2.75) is 103 Å². The minimum Gasteiger partial charge on any atom is -0.324 e. The molecule has 0 amide bonds. The highest BCUT2D eigenvalue weighted by Crippen LogP contribution is 2.52. The Morgan fingerprint density at radius 2 is 1.10 bits per heavy atom. The van der Waals surface area contributed by atoms with Gasteiger partial charge in [0.1, 0.15) is 0 Å². The maximum absolute atomic E-state index is 11.3. The molecule has 2 N–H and O–H groups in total. The second-order valence-corrected chi connectivity index (χ2v) is 8.94. The van der Waals surface area contributed by atoms with Crippen molar-refractivity contribution in [2.24, 2.45) is 0 Å². The van der Waals surface area contributed by atoms with Gasteiger partial charge in [-0.25, -0.2) is 0 Å². The van der Waals surface area contributed by atoms with Gasteiger partial charge < -0.3 is 9.79 Å². The fraction of sp³-hybridized carbons (Fsp3) is 1.00. The van der Waals surface area contributed by atoms with Gasteiger partial charge in [-0.1, -0.05) is 77.6 Å². The minimum absolute atomic E-state index is 0.619. The summed E-state index contributed by atoms with van der Waals surface area (Å²) in [6.45, 7) is 5.59. The zero-order valence-corrected chi connectivity index (χ0v) is 14.6. The fourth-order valence-corrected chi connectivity index (χ4v) is 2.82. The van der Waals surface area contributed by atoms with E-state index in [9.17, 15) is 14.4 Å². The van der Waals surface area contributed by atoms with Gasteiger partial charge >= 0.3 is 7.60 Å². The van der Waals surface area contributed by atoms with Crippen molar-refractivity contribution in [2.75, 3.05) is 0 Å². The Balaban J connectivity index is 3.35. The molecule has 0 radical (unpaired) electrons. The van der Waals surface area contributed by atoms with Crippen LogP contribution in [0.2, 0.25) is 0 Å². The zero-order valence-electron chi connectivity index (χ0n) is 13.7. The molecule has 0 unspecified atom stereocenters. The van der Waals surface area contributed by atoms with E-state index in [0.29, 0.717) is 6.42 Å². The topological polar surface area (TPSA) is 57.5 Å². The highest BCUT2D eigenvalue weighted by atomic mass is 31.2. The van der Waals surface area contributed by atoms with Gasteiger partial charge in [0.2, 0.25) is 0 Å². The highest BCUT2D eigenvalue weighted by Gasteiger charge is 2.36. The summed E-state index contributed by atoms with van der Waals surface area (Å²) in [4.78, 5) is 18.4. The monoisotopic (exact) mass is 306 g/mol. The van der Waals surface area contributed by atoms with Crippen molar-refractivity contribution >= 4 is 7.60 Å². The Morgan fingerprint density at radius 1 is 0.750 bits per heavy atom. The molecule has 0 heterocycles. The van der Waals surface area contributed by atoms with Gasteiger partial charge in [-0.2, -0.15) is 0 Å². The van der Waals surface area contributed by atoms with E-state index in [0.717, 1.165) is 12.8 Å². The first kappa shape index (κ1) is 20.1. The van der Waals surface area contributed by atoms with Crippen molar-refractivity contribution in [1.29, 1.82) is 0 Å². The van der Waals surface area contributed by atoms with Crippen LogP contribution in [-0.2, 0) is 4.57 Å². The molecule has 0 saturated carbocycles. The molecule has 0 bridgehead atoms. The summed E-state index contributed by atoms with van der Waals surface area (Å²) >= 11 is 0. The SMILES string of the molecule is CCCCCCCCCCCCCC(C)(C)P(=O)(O)O. The second kappa shape index (κ2) is 10.8. The molecule has 0 fully saturated rings. The smallest absolute Gasteiger partial charge is 0.324 e. The molecular formula is C16H35O3P. The molecule has 0 spiro atoms. The lowest BCUT2D eigenvalue weighted by Crippen LogP contribution is -2.19. The van der Waals surface area contributed by atoms with Gasteiger partial charge in [0, 0.05) is 0 Å². The van der Waals surface area contributed by atoms with Gasteiger partial charge in [0.25, 0.3) is 0 Å². The molecule has 0 aromatic rings. The normalized spacial score (nSPS) is 12.8. The number of hydrogen-bond acceptors (Lipinski definition) is 1. The van der Waals surface area contributed by atoms with E-state index in [4.69, 9.17) is 0 Å². The van der Waals surface area contributed by atoms with E-state index in [1.54, 1.807) is 13.8 Å². The third-order valence-corrected chi connectivity index (χ3v) is 5.98. The Morgan fingerprint density at radius 3 is 1.45 bits per heavy atom. The summed E-state index contributed by atoms with van der Waals surface area (Å²) in [5.74, 6) is 0. The molecule has 0 aliphatic heterocycles. The van der Waals surface area contributed by atoms with Crippen molar-refractivity contribution in [3.05, 3.63) is 0 Å². The van der Waals surface area contributed by atoms with Crippen molar-refractivity contribution < 1.29 is 14.4 Å². The van der Waals surface area contributed by atoms with E-state index < -0.39 is 12.8 Å². The fourth-order valence-electron chi connectivity index (χ4n) is 2.37. The van der Waals surface area contributed by atoms with Crippen LogP contribution in [0.25, 0.3) is 0 Å². The quantitative estimate of drug-likeness (QED) is 0.342. The number of rotatable bonds is 13. The summed E-state index contributed by atoms with van der Waals surface area (Å²) in [5.41, 5.74) is 0.